The number of piperidine rings is 1. The molecule has 1 saturated heterocycles. The molecule has 0 bridgehead atoms. The largest absolute Gasteiger partial charge is 0.392 e. The molecular formula is C26H30N8O2. The summed E-state index contributed by atoms with van der Waals surface area (Å²) in [5.74, 6) is 0.666. The molecule has 4 aromatic rings. The van der Waals surface area contributed by atoms with E-state index in [1.54, 1.807) is 0 Å². The van der Waals surface area contributed by atoms with Crippen LogP contribution in [-0.4, -0.2) is 72.5 Å². The first-order valence-electron chi connectivity index (χ1n) is 12.5. The van der Waals surface area contributed by atoms with Crippen LogP contribution in [0.15, 0.2) is 54.7 Å². The van der Waals surface area contributed by atoms with Crippen LogP contribution in [0.5, 0.6) is 0 Å². The topological polar surface area (TPSA) is 124 Å². The van der Waals surface area contributed by atoms with E-state index < -0.39 is 5.66 Å². The first-order valence-corrected chi connectivity index (χ1v) is 12.5. The zero-order chi connectivity index (χ0) is 24.5. The van der Waals surface area contributed by atoms with Gasteiger partial charge in [-0.3, -0.25) is 14.8 Å². The number of fused-ring (bicyclic) bond motifs is 1. The molecule has 10 nitrogen and oxygen atoms in total. The number of carbonyl (C=O) groups excluding carboxylic acids is 1. The van der Waals surface area contributed by atoms with Crippen molar-refractivity contribution < 1.29 is 9.90 Å². The molecule has 10 heteroatoms. The highest BCUT2D eigenvalue weighted by Crippen LogP contribution is 2.38. The van der Waals surface area contributed by atoms with Crippen LogP contribution in [0, 0.1) is 0 Å². The van der Waals surface area contributed by atoms with E-state index in [0.29, 0.717) is 25.5 Å². The predicted octanol–water partition coefficient (Wildman–Crippen LogP) is 2.34. The summed E-state index contributed by atoms with van der Waals surface area (Å²) in [4.78, 5) is 14.7. The number of amides is 1. The van der Waals surface area contributed by atoms with Gasteiger partial charge in [0.05, 0.1) is 30.9 Å². The molecule has 1 unspecified atom stereocenters. The average Bonchev–Trinajstić information content (AvgIpc) is 3.27. The number of aromatic amines is 1. The number of likely N-dealkylation sites (tertiary alicyclic amines) is 1. The van der Waals surface area contributed by atoms with Crippen LogP contribution in [-0.2, 0) is 11.3 Å². The van der Waals surface area contributed by atoms with Gasteiger partial charge < -0.3 is 15.7 Å². The number of nitrogens with zero attached hydrogens (tertiary/aromatic N) is 5. The quantitative estimate of drug-likeness (QED) is 0.282. The molecule has 1 saturated carbocycles. The normalized spacial score (nSPS) is 19.3. The van der Waals surface area contributed by atoms with E-state index in [1.807, 2.05) is 52.2 Å². The van der Waals surface area contributed by atoms with Crippen molar-refractivity contribution in [3.05, 3.63) is 60.3 Å². The Morgan fingerprint density at radius 2 is 2.06 bits per heavy atom. The molecule has 1 atom stereocenters. The Kier molecular flexibility index (Phi) is 5.90. The Bertz CT molecular complexity index is 1360. The standard InChI is InChI=1S/C26H30N8O2/c35-20-7-4-12-33(15-20)17-24(36)27-26(10-11-26)28-25-21-13-19(8-9-22(21)29-31-25)23-16-34(32-30-23)14-18-5-2-1-3-6-18/h1-3,5-6,8-9,13,16,20,35H,4,7,10-12,14-15,17H2,(H,27,36)(H2,28,29,31). The molecule has 3 heterocycles. The molecule has 2 aromatic heterocycles. The number of hydrogen-bond acceptors (Lipinski definition) is 7. The summed E-state index contributed by atoms with van der Waals surface area (Å²) < 4.78 is 1.83. The summed E-state index contributed by atoms with van der Waals surface area (Å²) in [6.45, 7) is 2.35. The van der Waals surface area contributed by atoms with Crippen LogP contribution in [0.25, 0.3) is 22.2 Å². The molecule has 0 radical (unpaired) electrons. The number of H-pyrrole nitrogens is 1. The second kappa shape index (κ2) is 9.36. The molecule has 186 valence electrons. The van der Waals surface area contributed by atoms with E-state index >= 15 is 0 Å². The monoisotopic (exact) mass is 486 g/mol. The van der Waals surface area contributed by atoms with Gasteiger partial charge in [-0.05, 0) is 49.9 Å². The number of anilines is 1. The zero-order valence-electron chi connectivity index (χ0n) is 20.0. The van der Waals surface area contributed by atoms with Crippen molar-refractivity contribution in [2.45, 2.75) is 44.0 Å². The number of nitrogens with one attached hydrogen (secondary N) is 3. The minimum atomic E-state index is -0.484. The lowest BCUT2D eigenvalue weighted by Crippen LogP contribution is -2.49. The van der Waals surface area contributed by atoms with Gasteiger partial charge in [-0.15, -0.1) is 5.10 Å². The molecule has 2 aromatic carbocycles. The summed E-state index contributed by atoms with van der Waals surface area (Å²) in [5.41, 5.74) is 3.32. The minimum absolute atomic E-state index is 0.0374. The summed E-state index contributed by atoms with van der Waals surface area (Å²) in [6.07, 6.45) is 5.00. The maximum absolute atomic E-state index is 12.7. The van der Waals surface area contributed by atoms with Gasteiger partial charge >= 0.3 is 0 Å². The second-order valence-electron chi connectivity index (χ2n) is 9.91. The first kappa shape index (κ1) is 22.7. The summed E-state index contributed by atoms with van der Waals surface area (Å²) in [7, 11) is 0. The minimum Gasteiger partial charge on any atom is -0.392 e. The number of rotatable bonds is 8. The molecule has 0 spiro atoms. The van der Waals surface area contributed by atoms with Crippen molar-refractivity contribution in [1.29, 1.82) is 0 Å². The van der Waals surface area contributed by atoms with E-state index in [1.165, 1.54) is 5.56 Å². The van der Waals surface area contributed by atoms with Crippen molar-refractivity contribution >= 4 is 22.6 Å². The van der Waals surface area contributed by atoms with Gasteiger partial charge in [0.1, 0.15) is 11.4 Å². The van der Waals surface area contributed by atoms with Gasteiger partial charge in [0.25, 0.3) is 0 Å². The van der Waals surface area contributed by atoms with E-state index in [-0.39, 0.29) is 12.0 Å². The van der Waals surface area contributed by atoms with Crippen LogP contribution >= 0.6 is 0 Å². The Labute approximate surface area is 208 Å². The van der Waals surface area contributed by atoms with Crippen LogP contribution in [0.4, 0.5) is 5.82 Å². The summed E-state index contributed by atoms with van der Waals surface area (Å²) in [6, 6.07) is 16.2. The fraction of sp³-hybridized carbons (Fsp3) is 0.385. The van der Waals surface area contributed by atoms with Crippen molar-refractivity contribution in [3.8, 4) is 11.3 Å². The number of aromatic nitrogens is 5. The van der Waals surface area contributed by atoms with E-state index in [4.69, 9.17) is 0 Å². The van der Waals surface area contributed by atoms with Gasteiger partial charge in [0.15, 0.2) is 5.82 Å². The van der Waals surface area contributed by atoms with E-state index in [9.17, 15) is 9.90 Å². The SMILES string of the molecule is O=C(CN1CCCC(O)C1)NC1(Nc2n[nH]c3ccc(-c4cn(Cc5ccccc5)nn4)cc23)CC1. The number of hydrogen-bond donors (Lipinski definition) is 4. The third-order valence-electron chi connectivity index (χ3n) is 6.92. The molecule has 1 amide bonds. The van der Waals surface area contributed by atoms with Crippen molar-refractivity contribution in [1.82, 2.24) is 35.4 Å². The lowest BCUT2D eigenvalue weighted by molar-refractivity contribution is -0.123. The fourth-order valence-electron chi connectivity index (χ4n) is 4.86. The zero-order valence-corrected chi connectivity index (χ0v) is 20.0. The lowest BCUT2D eigenvalue weighted by atomic mass is 10.1. The van der Waals surface area contributed by atoms with Gasteiger partial charge in [-0.2, -0.15) is 5.10 Å². The molecule has 6 rings (SSSR count). The molecule has 36 heavy (non-hydrogen) atoms. The maximum atomic E-state index is 12.7. The smallest absolute Gasteiger partial charge is 0.235 e. The molecule has 2 aliphatic rings. The predicted molar refractivity (Wildman–Crippen MR) is 136 cm³/mol. The van der Waals surface area contributed by atoms with Crippen LogP contribution in [0.2, 0.25) is 0 Å². The summed E-state index contributed by atoms with van der Waals surface area (Å²) in [5, 5.41) is 33.6. The number of benzene rings is 2. The third kappa shape index (κ3) is 4.95. The van der Waals surface area contributed by atoms with Crippen molar-refractivity contribution in [2.75, 3.05) is 25.0 Å². The molecule has 4 N–H and O–H groups in total. The van der Waals surface area contributed by atoms with Gasteiger partial charge in [0, 0.05) is 17.5 Å². The first-order chi connectivity index (χ1) is 17.6. The van der Waals surface area contributed by atoms with Crippen molar-refractivity contribution in [3.63, 3.8) is 0 Å². The van der Waals surface area contributed by atoms with Gasteiger partial charge in [-0.1, -0.05) is 41.6 Å². The van der Waals surface area contributed by atoms with E-state index in [0.717, 1.165) is 54.4 Å². The number of aliphatic hydroxyl groups excluding tert-OH is 1. The highest BCUT2D eigenvalue weighted by molar-refractivity contribution is 5.93. The van der Waals surface area contributed by atoms with Crippen LogP contribution in [0.1, 0.15) is 31.2 Å². The Morgan fingerprint density at radius 3 is 2.86 bits per heavy atom. The number of β-amino-alcohol motifs (C(OH)–C–C–N with tert-alkyl or cyclic N) is 1. The highest BCUT2D eigenvalue weighted by atomic mass is 16.3. The Morgan fingerprint density at radius 1 is 1.19 bits per heavy atom. The third-order valence-corrected chi connectivity index (χ3v) is 6.92. The number of carbonyl (C=O) groups is 1. The number of aliphatic hydroxyl groups is 1. The second-order valence-corrected chi connectivity index (χ2v) is 9.91. The van der Waals surface area contributed by atoms with Crippen LogP contribution in [0.3, 0.4) is 0 Å². The molecule has 1 aliphatic heterocycles. The molecule has 1 aliphatic carbocycles. The summed E-state index contributed by atoms with van der Waals surface area (Å²) >= 11 is 0. The van der Waals surface area contributed by atoms with Crippen molar-refractivity contribution in [2.24, 2.45) is 0 Å². The average molecular weight is 487 g/mol. The van der Waals surface area contributed by atoms with Gasteiger partial charge in [0.2, 0.25) is 5.91 Å². The fourth-order valence-corrected chi connectivity index (χ4v) is 4.86. The molecule has 2 fully saturated rings. The van der Waals surface area contributed by atoms with E-state index in [2.05, 4.69) is 43.3 Å². The lowest BCUT2D eigenvalue weighted by Gasteiger charge is -2.30. The van der Waals surface area contributed by atoms with Crippen LogP contribution < -0.4 is 10.6 Å². The maximum Gasteiger partial charge on any atom is 0.235 e. The highest BCUT2D eigenvalue weighted by Gasteiger charge is 2.45. The Balaban J connectivity index is 1.15. The Hall–Kier alpha value is -3.76. The van der Waals surface area contributed by atoms with Gasteiger partial charge in [-0.25, -0.2) is 4.68 Å². The molecular weight excluding hydrogens is 456 g/mol.